The quantitative estimate of drug-likeness (QED) is 0.882. The predicted molar refractivity (Wildman–Crippen MR) is 68.2 cm³/mol. The highest BCUT2D eigenvalue weighted by molar-refractivity contribution is 7.09. The third-order valence-electron chi connectivity index (χ3n) is 2.30. The monoisotopic (exact) mass is 249 g/mol. The van der Waals surface area contributed by atoms with Crippen LogP contribution in [0.5, 0.6) is 5.88 Å². The summed E-state index contributed by atoms with van der Waals surface area (Å²) in [5, 5.41) is 6.49. The van der Waals surface area contributed by atoms with Gasteiger partial charge in [0.15, 0.2) is 0 Å². The number of hydrogen-bond donors (Lipinski definition) is 1. The fraction of sp³-hybridized carbons (Fsp3) is 0.333. The zero-order chi connectivity index (χ0) is 12.1. The summed E-state index contributed by atoms with van der Waals surface area (Å²) >= 11 is 1.67. The molecule has 4 nitrogen and oxygen atoms in total. The van der Waals surface area contributed by atoms with Crippen LogP contribution in [0.15, 0.2) is 23.7 Å². The van der Waals surface area contributed by atoms with Crippen LogP contribution in [0.1, 0.15) is 16.3 Å². The van der Waals surface area contributed by atoms with E-state index in [0.717, 1.165) is 29.4 Å². The van der Waals surface area contributed by atoms with Gasteiger partial charge in [-0.1, -0.05) is 6.07 Å². The molecule has 0 fully saturated rings. The van der Waals surface area contributed by atoms with Gasteiger partial charge in [-0.15, -0.1) is 11.3 Å². The second kappa shape index (κ2) is 5.75. The Kier molecular flexibility index (Phi) is 4.06. The lowest BCUT2D eigenvalue weighted by molar-refractivity contribution is 0.390. The highest BCUT2D eigenvalue weighted by atomic mass is 32.1. The number of aryl methyl sites for hydroxylation is 1. The molecule has 0 aliphatic rings. The van der Waals surface area contributed by atoms with Crippen molar-refractivity contribution >= 4 is 11.3 Å². The molecule has 2 rings (SSSR count). The maximum Gasteiger partial charge on any atom is 0.217 e. The van der Waals surface area contributed by atoms with Crippen molar-refractivity contribution in [2.75, 3.05) is 7.11 Å². The maximum absolute atomic E-state index is 5.19. The Hall–Kier alpha value is -1.46. The van der Waals surface area contributed by atoms with Crippen LogP contribution in [0.3, 0.4) is 0 Å². The second-order valence-electron chi connectivity index (χ2n) is 3.66. The summed E-state index contributed by atoms with van der Waals surface area (Å²) < 4.78 is 5.19. The Morgan fingerprint density at radius 3 is 3.00 bits per heavy atom. The number of thiazole rings is 1. The lowest BCUT2D eigenvalue weighted by Gasteiger charge is -2.07. The van der Waals surface area contributed by atoms with Crippen molar-refractivity contribution in [1.82, 2.24) is 15.3 Å². The van der Waals surface area contributed by atoms with Gasteiger partial charge in [-0.05, 0) is 13.0 Å². The van der Waals surface area contributed by atoms with Gasteiger partial charge in [0.05, 0.1) is 7.11 Å². The number of hydrogen-bond acceptors (Lipinski definition) is 5. The molecule has 5 heteroatoms. The average Bonchev–Trinajstić information content (AvgIpc) is 2.76. The molecule has 1 N–H and O–H groups in total. The minimum atomic E-state index is 0.676. The summed E-state index contributed by atoms with van der Waals surface area (Å²) in [6.45, 7) is 3.51. The number of aromatic nitrogens is 2. The molecule has 0 saturated carbocycles. The molecular weight excluding hydrogens is 234 g/mol. The molecule has 0 amide bonds. The van der Waals surface area contributed by atoms with E-state index in [1.54, 1.807) is 24.6 Å². The van der Waals surface area contributed by atoms with Crippen molar-refractivity contribution < 1.29 is 4.74 Å². The van der Waals surface area contributed by atoms with Crippen molar-refractivity contribution in [2.45, 2.75) is 20.0 Å². The topological polar surface area (TPSA) is 47.0 Å². The molecule has 0 bridgehead atoms. The van der Waals surface area contributed by atoms with Crippen molar-refractivity contribution in [1.29, 1.82) is 0 Å². The molecule has 90 valence electrons. The summed E-state index contributed by atoms with van der Waals surface area (Å²) in [7, 11) is 1.63. The van der Waals surface area contributed by atoms with Crippen LogP contribution >= 0.6 is 11.3 Å². The van der Waals surface area contributed by atoms with Gasteiger partial charge >= 0.3 is 0 Å². The summed E-state index contributed by atoms with van der Waals surface area (Å²) in [6.07, 6.45) is 1.73. The molecule has 0 saturated heterocycles. The number of nitrogens with one attached hydrogen (secondary N) is 1. The van der Waals surface area contributed by atoms with Gasteiger partial charge in [0.25, 0.3) is 0 Å². The van der Waals surface area contributed by atoms with E-state index in [2.05, 4.69) is 20.7 Å². The minimum absolute atomic E-state index is 0.676. The number of methoxy groups -OCH3 is 1. The smallest absolute Gasteiger partial charge is 0.217 e. The normalized spacial score (nSPS) is 10.5. The zero-order valence-electron chi connectivity index (χ0n) is 9.93. The molecular formula is C12H15N3OS. The predicted octanol–water partition coefficient (Wildman–Crippen LogP) is 2.14. The van der Waals surface area contributed by atoms with Crippen LogP contribution in [-0.4, -0.2) is 17.1 Å². The standard InChI is InChI=1S/C12H15N3OS/c1-9-8-17-11(15-9)7-13-6-10-4-3-5-14-12(10)16-2/h3-5,8,13H,6-7H2,1-2H3. The van der Waals surface area contributed by atoms with Gasteiger partial charge in [-0.3, -0.25) is 0 Å². The highest BCUT2D eigenvalue weighted by Crippen LogP contribution is 2.13. The van der Waals surface area contributed by atoms with E-state index in [0.29, 0.717) is 5.88 Å². The summed E-state index contributed by atoms with van der Waals surface area (Å²) in [5.41, 5.74) is 2.13. The summed E-state index contributed by atoms with van der Waals surface area (Å²) in [4.78, 5) is 8.55. The highest BCUT2D eigenvalue weighted by Gasteiger charge is 2.03. The maximum atomic E-state index is 5.19. The Labute approximate surface area is 105 Å². The molecule has 0 radical (unpaired) electrons. The summed E-state index contributed by atoms with van der Waals surface area (Å²) in [5.74, 6) is 0.676. The SMILES string of the molecule is COc1ncccc1CNCc1nc(C)cs1. The lowest BCUT2D eigenvalue weighted by atomic mass is 10.2. The zero-order valence-corrected chi connectivity index (χ0v) is 10.8. The number of rotatable bonds is 5. The molecule has 0 spiro atoms. The lowest BCUT2D eigenvalue weighted by Crippen LogP contribution is -2.13. The van der Waals surface area contributed by atoms with E-state index in [4.69, 9.17) is 4.74 Å². The van der Waals surface area contributed by atoms with Gasteiger partial charge in [0.2, 0.25) is 5.88 Å². The molecule has 17 heavy (non-hydrogen) atoms. The largest absolute Gasteiger partial charge is 0.481 e. The van der Waals surface area contributed by atoms with E-state index in [-0.39, 0.29) is 0 Å². The third kappa shape index (κ3) is 3.25. The Morgan fingerprint density at radius 2 is 2.29 bits per heavy atom. The molecule has 2 aromatic heterocycles. The number of ether oxygens (including phenoxy) is 1. The second-order valence-corrected chi connectivity index (χ2v) is 4.60. The fourth-order valence-electron chi connectivity index (χ4n) is 1.53. The van der Waals surface area contributed by atoms with Crippen molar-refractivity contribution in [3.63, 3.8) is 0 Å². The molecule has 0 aliphatic carbocycles. The molecule has 0 aromatic carbocycles. The van der Waals surface area contributed by atoms with E-state index >= 15 is 0 Å². The van der Waals surface area contributed by atoms with Crippen LogP contribution in [0, 0.1) is 6.92 Å². The number of pyridine rings is 1. The van der Waals surface area contributed by atoms with Gasteiger partial charge in [0.1, 0.15) is 5.01 Å². The van der Waals surface area contributed by atoms with Crippen molar-refractivity contribution in [2.24, 2.45) is 0 Å². The Morgan fingerprint density at radius 1 is 1.41 bits per heavy atom. The first-order chi connectivity index (χ1) is 8.29. The molecule has 0 atom stereocenters. The third-order valence-corrected chi connectivity index (χ3v) is 3.27. The number of nitrogens with zero attached hydrogens (tertiary/aromatic N) is 2. The fourth-order valence-corrected chi connectivity index (χ4v) is 2.27. The molecule has 0 aliphatic heterocycles. The Bertz CT molecular complexity index is 484. The first-order valence-electron chi connectivity index (χ1n) is 5.39. The van der Waals surface area contributed by atoms with E-state index in [1.807, 2.05) is 19.1 Å². The average molecular weight is 249 g/mol. The van der Waals surface area contributed by atoms with Gasteiger partial charge in [-0.2, -0.15) is 0 Å². The van der Waals surface area contributed by atoms with Gasteiger partial charge < -0.3 is 10.1 Å². The molecule has 0 unspecified atom stereocenters. The van der Waals surface area contributed by atoms with Gasteiger partial charge in [0, 0.05) is 35.9 Å². The van der Waals surface area contributed by atoms with Crippen LogP contribution in [0.2, 0.25) is 0 Å². The van der Waals surface area contributed by atoms with Crippen LogP contribution in [0.4, 0.5) is 0 Å². The first kappa shape index (κ1) is 12.0. The van der Waals surface area contributed by atoms with Gasteiger partial charge in [-0.25, -0.2) is 9.97 Å². The van der Waals surface area contributed by atoms with E-state index < -0.39 is 0 Å². The van der Waals surface area contributed by atoms with Crippen molar-refractivity contribution in [3.8, 4) is 5.88 Å². The minimum Gasteiger partial charge on any atom is -0.481 e. The van der Waals surface area contributed by atoms with E-state index in [9.17, 15) is 0 Å². The Balaban J connectivity index is 1.89. The molecule has 2 heterocycles. The van der Waals surface area contributed by atoms with Crippen molar-refractivity contribution in [3.05, 3.63) is 40.0 Å². The molecule has 2 aromatic rings. The summed E-state index contributed by atoms with van der Waals surface area (Å²) in [6, 6.07) is 3.92. The van der Waals surface area contributed by atoms with Crippen LogP contribution in [-0.2, 0) is 13.1 Å². The van der Waals surface area contributed by atoms with Crippen LogP contribution in [0.25, 0.3) is 0 Å². The van der Waals surface area contributed by atoms with E-state index in [1.165, 1.54) is 0 Å². The first-order valence-corrected chi connectivity index (χ1v) is 6.27. The van der Waals surface area contributed by atoms with Crippen LogP contribution < -0.4 is 10.1 Å².